The molecule has 0 bridgehead atoms. The van der Waals surface area contributed by atoms with E-state index in [4.69, 9.17) is 11.6 Å². The predicted molar refractivity (Wildman–Crippen MR) is 84.1 cm³/mol. The summed E-state index contributed by atoms with van der Waals surface area (Å²) in [6.45, 7) is 1.03. The van der Waals surface area contributed by atoms with Crippen LogP contribution in [0.2, 0.25) is 5.02 Å². The van der Waals surface area contributed by atoms with Gasteiger partial charge in [0.2, 0.25) is 5.91 Å². The Hall–Kier alpha value is -1.39. The minimum atomic E-state index is -0.492. The van der Waals surface area contributed by atoms with Crippen molar-refractivity contribution >= 4 is 23.2 Å². The third-order valence-corrected chi connectivity index (χ3v) is 3.79. The highest BCUT2D eigenvalue weighted by molar-refractivity contribution is 6.31. The molecule has 0 spiro atoms. The maximum absolute atomic E-state index is 13.0. The Bertz CT molecular complexity index is 531. The van der Waals surface area contributed by atoms with Crippen LogP contribution in [0.3, 0.4) is 0 Å². The first-order valence-electron chi connectivity index (χ1n) is 7.28. The highest BCUT2D eigenvalue weighted by Crippen LogP contribution is 2.20. The van der Waals surface area contributed by atoms with Gasteiger partial charge in [-0.25, -0.2) is 4.39 Å². The average molecular weight is 311 g/mol. The number of benzene rings is 1. The minimum Gasteiger partial charge on any atom is -0.325 e. The number of nitrogens with one attached hydrogen (secondary N) is 2. The fourth-order valence-corrected chi connectivity index (χ4v) is 2.54. The topological polar surface area (TPSA) is 41.1 Å². The Morgan fingerprint density at radius 1 is 1.33 bits per heavy atom. The second kappa shape index (κ2) is 8.15. The fraction of sp³-hybridized carbons (Fsp3) is 0.438. The van der Waals surface area contributed by atoms with E-state index in [1.54, 1.807) is 0 Å². The van der Waals surface area contributed by atoms with Crippen LogP contribution in [0.4, 0.5) is 10.1 Å². The van der Waals surface area contributed by atoms with Crippen LogP contribution in [0.25, 0.3) is 0 Å². The summed E-state index contributed by atoms with van der Waals surface area (Å²) in [5.74, 6) is -0.649. The van der Waals surface area contributed by atoms with Gasteiger partial charge in [0.25, 0.3) is 0 Å². The zero-order valence-corrected chi connectivity index (χ0v) is 12.7. The van der Waals surface area contributed by atoms with Gasteiger partial charge in [0, 0.05) is 5.69 Å². The molecular weight excluding hydrogens is 291 g/mol. The van der Waals surface area contributed by atoms with Crippen molar-refractivity contribution in [3.63, 3.8) is 0 Å². The predicted octanol–water partition coefficient (Wildman–Crippen LogP) is 3.90. The molecule has 0 atom stereocenters. The average Bonchev–Trinajstić information content (AvgIpc) is 2.49. The second-order valence-electron chi connectivity index (χ2n) is 5.21. The van der Waals surface area contributed by atoms with Crippen LogP contribution >= 0.6 is 11.6 Å². The van der Waals surface area contributed by atoms with Gasteiger partial charge in [-0.15, -0.1) is 0 Å². The Kier molecular flexibility index (Phi) is 6.21. The van der Waals surface area contributed by atoms with E-state index in [0.717, 1.165) is 13.0 Å². The van der Waals surface area contributed by atoms with Crippen molar-refractivity contribution in [3.05, 3.63) is 40.7 Å². The van der Waals surface area contributed by atoms with Gasteiger partial charge < -0.3 is 10.6 Å². The Labute approximate surface area is 129 Å². The SMILES string of the molecule is O=C(CNCCC1=CCCCC1)Nc1ccc(F)c(Cl)c1. The summed E-state index contributed by atoms with van der Waals surface area (Å²) in [4.78, 5) is 11.7. The number of allylic oxidation sites excluding steroid dienone is 1. The molecule has 21 heavy (non-hydrogen) atoms. The Morgan fingerprint density at radius 2 is 2.19 bits per heavy atom. The lowest BCUT2D eigenvalue weighted by Crippen LogP contribution is -2.29. The normalized spacial score (nSPS) is 14.7. The van der Waals surface area contributed by atoms with E-state index in [0.29, 0.717) is 5.69 Å². The molecule has 1 aromatic carbocycles. The molecule has 0 fully saturated rings. The van der Waals surface area contributed by atoms with Crippen molar-refractivity contribution in [3.8, 4) is 0 Å². The molecule has 0 radical (unpaired) electrons. The third kappa shape index (κ3) is 5.48. The van der Waals surface area contributed by atoms with Crippen molar-refractivity contribution in [1.82, 2.24) is 5.32 Å². The van der Waals surface area contributed by atoms with Crippen LogP contribution in [0.5, 0.6) is 0 Å². The van der Waals surface area contributed by atoms with E-state index in [-0.39, 0.29) is 17.5 Å². The Balaban J connectivity index is 1.67. The second-order valence-corrected chi connectivity index (χ2v) is 5.62. The van der Waals surface area contributed by atoms with Crippen molar-refractivity contribution < 1.29 is 9.18 Å². The third-order valence-electron chi connectivity index (χ3n) is 3.50. The summed E-state index contributed by atoms with van der Waals surface area (Å²) in [5.41, 5.74) is 1.99. The summed E-state index contributed by atoms with van der Waals surface area (Å²) in [7, 11) is 0. The molecule has 0 unspecified atom stereocenters. The highest BCUT2D eigenvalue weighted by atomic mass is 35.5. The quantitative estimate of drug-likeness (QED) is 0.618. The standard InChI is InChI=1S/C16H20ClFN2O/c17-14-10-13(6-7-15(14)18)20-16(21)11-19-9-8-12-4-2-1-3-5-12/h4,6-7,10,19H,1-3,5,8-9,11H2,(H,20,21). The number of amides is 1. The number of carbonyl (C=O) groups is 1. The summed E-state index contributed by atoms with van der Waals surface area (Å²) in [5, 5.41) is 5.80. The summed E-state index contributed by atoms with van der Waals surface area (Å²) >= 11 is 5.66. The molecule has 1 amide bonds. The van der Waals surface area contributed by atoms with Gasteiger partial charge in [-0.05, 0) is 56.8 Å². The molecular formula is C16H20ClFN2O. The van der Waals surface area contributed by atoms with Gasteiger partial charge in [0.15, 0.2) is 0 Å². The van der Waals surface area contributed by atoms with Crippen LogP contribution in [0.15, 0.2) is 29.8 Å². The van der Waals surface area contributed by atoms with Gasteiger partial charge in [0.1, 0.15) is 5.82 Å². The van der Waals surface area contributed by atoms with E-state index in [1.807, 2.05) is 0 Å². The van der Waals surface area contributed by atoms with Crippen LogP contribution in [-0.4, -0.2) is 19.0 Å². The molecule has 2 rings (SSSR count). The molecule has 1 aliphatic carbocycles. The molecule has 0 saturated heterocycles. The van der Waals surface area contributed by atoms with Crippen LogP contribution in [-0.2, 0) is 4.79 Å². The summed E-state index contributed by atoms with van der Waals surface area (Å²) in [6, 6.07) is 4.13. The lowest BCUT2D eigenvalue weighted by Gasteiger charge is -2.13. The molecule has 0 aromatic heterocycles. The van der Waals surface area contributed by atoms with Gasteiger partial charge in [-0.3, -0.25) is 4.79 Å². The maximum atomic E-state index is 13.0. The smallest absolute Gasteiger partial charge is 0.238 e. The molecule has 5 heteroatoms. The first-order chi connectivity index (χ1) is 10.1. The van der Waals surface area contributed by atoms with E-state index >= 15 is 0 Å². The monoisotopic (exact) mass is 310 g/mol. The van der Waals surface area contributed by atoms with Gasteiger partial charge >= 0.3 is 0 Å². The molecule has 0 saturated carbocycles. The van der Waals surface area contributed by atoms with E-state index < -0.39 is 5.82 Å². The Morgan fingerprint density at radius 3 is 2.90 bits per heavy atom. The van der Waals surface area contributed by atoms with Gasteiger partial charge in [-0.2, -0.15) is 0 Å². The van der Waals surface area contributed by atoms with E-state index in [1.165, 1.54) is 49.5 Å². The lowest BCUT2D eigenvalue weighted by atomic mass is 9.97. The molecule has 0 heterocycles. The number of carbonyl (C=O) groups excluding carboxylic acids is 1. The van der Waals surface area contributed by atoms with Crippen molar-refractivity contribution in [1.29, 1.82) is 0 Å². The first-order valence-corrected chi connectivity index (χ1v) is 7.66. The summed E-state index contributed by atoms with van der Waals surface area (Å²) < 4.78 is 13.0. The zero-order chi connectivity index (χ0) is 15.1. The van der Waals surface area contributed by atoms with Gasteiger partial charge in [-0.1, -0.05) is 23.3 Å². The maximum Gasteiger partial charge on any atom is 0.238 e. The summed E-state index contributed by atoms with van der Waals surface area (Å²) in [6.07, 6.45) is 8.24. The number of rotatable bonds is 6. The molecule has 1 aromatic rings. The van der Waals surface area contributed by atoms with Crippen molar-refractivity contribution in [2.45, 2.75) is 32.1 Å². The number of halogens is 2. The highest BCUT2D eigenvalue weighted by Gasteiger charge is 2.06. The van der Waals surface area contributed by atoms with Crippen molar-refractivity contribution in [2.75, 3.05) is 18.4 Å². The molecule has 0 aliphatic heterocycles. The minimum absolute atomic E-state index is 0.00462. The molecule has 3 nitrogen and oxygen atoms in total. The molecule has 1 aliphatic rings. The molecule has 114 valence electrons. The van der Waals surface area contributed by atoms with Crippen LogP contribution < -0.4 is 10.6 Å². The lowest BCUT2D eigenvalue weighted by molar-refractivity contribution is -0.115. The van der Waals surface area contributed by atoms with Crippen molar-refractivity contribution in [2.24, 2.45) is 0 Å². The first kappa shape index (κ1) is 16.0. The molecule has 2 N–H and O–H groups in total. The number of hydrogen-bond acceptors (Lipinski definition) is 2. The largest absolute Gasteiger partial charge is 0.325 e. The number of hydrogen-bond donors (Lipinski definition) is 2. The van der Waals surface area contributed by atoms with Crippen LogP contribution in [0.1, 0.15) is 32.1 Å². The van der Waals surface area contributed by atoms with E-state index in [9.17, 15) is 9.18 Å². The fourth-order valence-electron chi connectivity index (χ4n) is 2.36. The van der Waals surface area contributed by atoms with Gasteiger partial charge in [0.05, 0.1) is 11.6 Å². The zero-order valence-electron chi connectivity index (χ0n) is 11.9. The van der Waals surface area contributed by atoms with Crippen LogP contribution in [0, 0.1) is 5.82 Å². The number of anilines is 1. The van der Waals surface area contributed by atoms with E-state index in [2.05, 4.69) is 16.7 Å².